The molecule has 2 aromatic rings. The average Bonchev–Trinajstić information content (AvgIpc) is 3.42. The van der Waals surface area contributed by atoms with Gasteiger partial charge >= 0.3 is 0 Å². The van der Waals surface area contributed by atoms with Crippen LogP contribution in [0.1, 0.15) is 32.2 Å². The highest BCUT2D eigenvalue weighted by atomic mass is 35.5. The van der Waals surface area contributed by atoms with E-state index in [1.54, 1.807) is 12.1 Å². The summed E-state index contributed by atoms with van der Waals surface area (Å²) in [5.74, 6) is 0.554. The topological polar surface area (TPSA) is 76.4 Å². The molecule has 2 aliphatic heterocycles. The molecule has 2 fully saturated rings. The lowest BCUT2D eigenvalue weighted by molar-refractivity contribution is -0.137. The molecule has 1 aromatic heterocycles. The van der Waals surface area contributed by atoms with Crippen LogP contribution in [0.3, 0.4) is 0 Å². The molecule has 4 rings (SSSR count). The number of nitrogens with zero attached hydrogens (tertiary/aromatic N) is 6. The molecular formula is C20H27ClN6O2. The zero-order chi connectivity index (χ0) is 20.2. The summed E-state index contributed by atoms with van der Waals surface area (Å²) in [6.45, 7) is 7.02. The maximum atomic E-state index is 13.1. The molecule has 0 saturated carbocycles. The van der Waals surface area contributed by atoms with Crippen LogP contribution in [0.2, 0.25) is 5.02 Å². The van der Waals surface area contributed by atoms with E-state index in [-0.39, 0.29) is 5.91 Å². The Morgan fingerprint density at radius 2 is 2.00 bits per heavy atom. The van der Waals surface area contributed by atoms with Gasteiger partial charge in [-0.1, -0.05) is 18.5 Å². The van der Waals surface area contributed by atoms with E-state index < -0.39 is 6.04 Å². The molecule has 8 nitrogen and oxygen atoms in total. The molecule has 0 aliphatic carbocycles. The van der Waals surface area contributed by atoms with Crippen LogP contribution in [0, 0.1) is 0 Å². The van der Waals surface area contributed by atoms with Gasteiger partial charge < -0.3 is 9.64 Å². The molecular weight excluding hydrogens is 392 g/mol. The van der Waals surface area contributed by atoms with Crippen molar-refractivity contribution < 1.29 is 9.53 Å². The number of halogens is 1. The number of carbonyl (C=O) groups excluding carboxylic acids is 1. The van der Waals surface area contributed by atoms with Gasteiger partial charge in [-0.15, -0.1) is 10.2 Å². The predicted octanol–water partition coefficient (Wildman–Crippen LogP) is 2.27. The van der Waals surface area contributed by atoms with Crippen molar-refractivity contribution in [2.75, 3.05) is 39.3 Å². The molecule has 156 valence electrons. The number of amides is 1. The standard InChI is InChI=1S/C20H27ClN6O2/c1-2-18(27-23-19(22-24-27)15-5-7-16(21)8-6-15)20(28)26-11-9-25(10-12-26)14-17-4-3-13-29-17/h5-8,17-18H,2-4,9-14H2,1H3. The second-order valence-electron chi connectivity index (χ2n) is 7.63. The van der Waals surface area contributed by atoms with E-state index >= 15 is 0 Å². The number of tetrazole rings is 1. The van der Waals surface area contributed by atoms with Gasteiger partial charge in [0.1, 0.15) is 0 Å². The van der Waals surface area contributed by atoms with E-state index in [9.17, 15) is 4.79 Å². The van der Waals surface area contributed by atoms with Gasteiger partial charge in [0.15, 0.2) is 6.04 Å². The first-order valence-electron chi connectivity index (χ1n) is 10.3. The first kappa shape index (κ1) is 20.3. The van der Waals surface area contributed by atoms with Gasteiger partial charge in [-0.25, -0.2) is 0 Å². The van der Waals surface area contributed by atoms with Crippen molar-refractivity contribution in [1.29, 1.82) is 0 Å². The first-order chi connectivity index (χ1) is 14.1. The largest absolute Gasteiger partial charge is 0.377 e. The monoisotopic (exact) mass is 418 g/mol. The van der Waals surface area contributed by atoms with E-state index in [2.05, 4.69) is 20.3 Å². The number of hydrogen-bond acceptors (Lipinski definition) is 6. The number of rotatable bonds is 6. The second-order valence-corrected chi connectivity index (χ2v) is 8.06. The minimum atomic E-state index is -0.437. The molecule has 9 heteroatoms. The summed E-state index contributed by atoms with van der Waals surface area (Å²) in [7, 11) is 0. The molecule has 2 unspecified atom stereocenters. The van der Waals surface area contributed by atoms with E-state index in [1.807, 2.05) is 24.0 Å². The fraction of sp³-hybridized carbons (Fsp3) is 0.600. The van der Waals surface area contributed by atoms with Crippen molar-refractivity contribution in [2.45, 2.75) is 38.3 Å². The first-order valence-corrected chi connectivity index (χ1v) is 10.7. The third kappa shape index (κ3) is 4.76. The van der Waals surface area contributed by atoms with Crippen LogP contribution in [0.15, 0.2) is 24.3 Å². The van der Waals surface area contributed by atoms with Crippen molar-refractivity contribution in [2.24, 2.45) is 0 Å². The third-order valence-electron chi connectivity index (χ3n) is 5.65. The number of benzene rings is 1. The lowest BCUT2D eigenvalue weighted by atomic mass is 10.1. The molecule has 2 aliphatic rings. The van der Waals surface area contributed by atoms with Crippen LogP contribution >= 0.6 is 11.6 Å². The van der Waals surface area contributed by atoms with Crippen molar-refractivity contribution in [3.63, 3.8) is 0 Å². The Morgan fingerprint density at radius 1 is 1.24 bits per heavy atom. The number of ether oxygens (including phenoxy) is 1. The Labute approximate surface area is 175 Å². The van der Waals surface area contributed by atoms with Crippen LogP contribution < -0.4 is 0 Å². The van der Waals surface area contributed by atoms with Gasteiger partial charge in [0.05, 0.1) is 6.10 Å². The minimum Gasteiger partial charge on any atom is -0.377 e. The van der Waals surface area contributed by atoms with Crippen molar-refractivity contribution in [3.05, 3.63) is 29.3 Å². The van der Waals surface area contributed by atoms with Gasteiger partial charge in [-0.2, -0.15) is 4.80 Å². The van der Waals surface area contributed by atoms with E-state index in [0.717, 1.165) is 57.7 Å². The summed E-state index contributed by atoms with van der Waals surface area (Å²) in [4.78, 5) is 18.9. The van der Waals surface area contributed by atoms with Gasteiger partial charge in [0.2, 0.25) is 11.7 Å². The molecule has 0 N–H and O–H groups in total. The fourth-order valence-corrected chi connectivity index (χ4v) is 4.07. The van der Waals surface area contributed by atoms with Crippen molar-refractivity contribution in [1.82, 2.24) is 30.0 Å². The lowest BCUT2D eigenvalue weighted by Crippen LogP contribution is -2.52. The second kappa shape index (κ2) is 9.19. The number of aromatic nitrogens is 4. The normalized spacial score (nSPS) is 21.4. The molecule has 0 spiro atoms. The van der Waals surface area contributed by atoms with Crippen LogP contribution in [0.5, 0.6) is 0 Å². The molecule has 29 heavy (non-hydrogen) atoms. The minimum absolute atomic E-state index is 0.0596. The lowest BCUT2D eigenvalue weighted by Gasteiger charge is -2.36. The SMILES string of the molecule is CCC(C(=O)N1CCN(CC2CCCO2)CC1)n1nnc(-c2ccc(Cl)cc2)n1. The maximum Gasteiger partial charge on any atom is 0.249 e. The predicted molar refractivity (Wildman–Crippen MR) is 110 cm³/mol. The van der Waals surface area contributed by atoms with Crippen molar-refractivity contribution >= 4 is 17.5 Å². The summed E-state index contributed by atoms with van der Waals surface area (Å²) in [5.41, 5.74) is 0.825. The van der Waals surface area contributed by atoms with Gasteiger partial charge in [-0.3, -0.25) is 9.69 Å². The average molecular weight is 419 g/mol. The zero-order valence-electron chi connectivity index (χ0n) is 16.7. The van der Waals surface area contributed by atoms with Gasteiger partial charge in [0.25, 0.3) is 0 Å². The van der Waals surface area contributed by atoms with Crippen molar-refractivity contribution in [3.8, 4) is 11.4 Å². The van der Waals surface area contributed by atoms with Gasteiger partial charge in [-0.05, 0) is 48.7 Å². The van der Waals surface area contributed by atoms with E-state index in [1.165, 1.54) is 4.80 Å². The third-order valence-corrected chi connectivity index (χ3v) is 5.90. The molecule has 0 bridgehead atoms. The number of hydrogen-bond donors (Lipinski definition) is 0. The highest BCUT2D eigenvalue weighted by Gasteiger charge is 2.30. The van der Waals surface area contributed by atoms with Crippen LogP contribution in [0.25, 0.3) is 11.4 Å². The molecule has 1 aromatic carbocycles. The smallest absolute Gasteiger partial charge is 0.249 e. The molecule has 0 radical (unpaired) electrons. The molecule has 2 saturated heterocycles. The maximum absolute atomic E-state index is 13.1. The highest BCUT2D eigenvalue weighted by Crippen LogP contribution is 2.20. The van der Waals surface area contributed by atoms with Crippen LogP contribution in [0.4, 0.5) is 0 Å². The summed E-state index contributed by atoms with van der Waals surface area (Å²) in [6, 6.07) is 6.83. The highest BCUT2D eigenvalue weighted by molar-refractivity contribution is 6.30. The number of carbonyl (C=O) groups is 1. The van der Waals surface area contributed by atoms with Crippen LogP contribution in [-0.4, -0.2) is 81.3 Å². The number of piperazine rings is 1. The summed E-state index contributed by atoms with van der Waals surface area (Å²) in [5, 5.41) is 13.4. The Bertz CT molecular complexity index is 813. The Morgan fingerprint density at radius 3 is 2.66 bits per heavy atom. The quantitative estimate of drug-likeness (QED) is 0.716. The summed E-state index contributed by atoms with van der Waals surface area (Å²) < 4.78 is 5.73. The van der Waals surface area contributed by atoms with Gasteiger partial charge in [0, 0.05) is 49.9 Å². The Balaban J connectivity index is 1.36. The Hall–Kier alpha value is -2.03. The molecule has 1 amide bonds. The van der Waals surface area contributed by atoms with Crippen LogP contribution in [-0.2, 0) is 9.53 Å². The van der Waals surface area contributed by atoms with E-state index in [0.29, 0.717) is 23.4 Å². The summed E-state index contributed by atoms with van der Waals surface area (Å²) >= 11 is 5.94. The molecule has 3 heterocycles. The fourth-order valence-electron chi connectivity index (χ4n) is 3.95. The Kier molecular flexibility index (Phi) is 6.42. The van der Waals surface area contributed by atoms with E-state index in [4.69, 9.17) is 16.3 Å². The summed E-state index contributed by atoms with van der Waals surface area (Å²) in [6.07, 6.45) is 3.27. The zero-order valence-corrected chi connectivity index (χ0v) is 17.5. The molecule has 2 atom stereocenters.